The fraction of sp³-hybridized carbons (Fsp3) is 0.0625. The van der Waals surface area contributed by atoms with E-state index in [-0.39, 0.29) is 0 Å². The Balaban J connectivity index is 2.40. The van der Waals surface area contributed by atoms with E-state index in [2.05, 4.69) is 22.0 Å². The quantitative estimate of drug-likeness (QED) is 0.576. The van der Waals surface area contributed by atoms with Gasteiger partial charge in [0, 0.05) is 4.47 Å². The van der Waals surface area contributed by atoms with Crippen molar-refractivity contribution >= 4 is 27.6 Å². The van der Waals surface area contributed by atoms with Crippen molar-refractivity contribution in [1.82, 2.24) is 0 Å². The molecule has 0 bridgehead atoms. The molecular weight excluding hydrogens is 286 g/mol. The van der Waals surface area contributed by atoms with Crippen LogP contribution in [0.1, 0.15) is 16.7 Å². The van der Waals surface area contributed by atoms with Gasteiger partial charge in [-0.3, -0.25) is 0 Å². The van der Waals surface area contributed by atoms with Crippen molar-refractivity contribution in [2.75, 3.05) is 0 Å². The van der Waals surface area contributed by atoms with Crippen LogP contribution in [0, 0.1) is 18.3 Å². The number of nitrogens with zero attached hydrogens (tertiary/aromatic N) is 1. The highest BCUT2D eigenvalue weighted by atomic mass is 79.9. The minimum atomic E-state index is 0.674. The third-order valence-corrected chi connectivity index (χ3v) is 3.14. The summed E-state index contributed by atoms with van der Waals surface area (Å²) in [4.78, 5) is 0. The number of halogens is 1. The Kier molecular flexibility index (Phi) is 3.96. The van der Waals surface area contributed by atoms with Gasteiger partial charge in [-0.1, -0.05) is 57.9 Å². The van der Waals surface area contributed by atoms with Crippen LogP contribution >= 0.6 is 15.9 Å². The third kappa shape index (κ3) is 3.09. The van der Waals surface area contributed by atoms with Crippen LogP contribution in [0.3, 0.4) is 0 Å². The molecule has 0 aliphatic heterocycles. The van der Waals surface area contributed by atoms with Crippen LogP contribution < -0.4 is 0 Å². The van der Waals surface area contributed by atoms with Crippen LogP contribution in [0.5, 0.6) is 0 Å². The normalized spacial score (nSPS) is 11.1. The molecule has 88 valence electrons. The molecule has 0 saturated carbocycles. The summed E-state index contributed by atoms with van der Waals surface area (Å²) in [6, 6.07) is 18.1. The highest BCUT2D eigenvalue weighted by Gasteiger charge is 2.00. The summed E-state index contributed by atoms with van der Waals surface area (Å²) in [6.07, 6.45) is 1.90. The lowest BCUT2D eigenvalue weighted by molar-refractivity contribution is 1.45. The zero-order valence-electron chi connectivity index (χ0n) is 10.0. The Labute approximate surface area is 116 Å². The van der Waals surface area contributed by atoms with Gasteiger partial charge in [-0.2, -0.15) is 5.26 Å². The minimum absolute atomic E-state index is 0.674. The Morgan fingerprint density at radius 3 is 2.50 bits per heavy atom. The molecule has 18 heavy (non-hydrogen) atoms. The van der Waals surface area contributed by atoms with Gasteiger partial charge in [0.05, 0.1) is 11.6 Å². The number of nitriles is 1. The summed E-state index contributed by atoms with van der Waals surface area (Å²) in [5, 5.41) is 9.25. The molecule has 0 fully saturated rings. The fourth-order valence-corrected chi connectivity index (χ4v) is 2.09. The van der Waals surface area contributed by atoms with Crippen molar-refractivity contribution in [1.29, 1.82) is 5.26 Å². The summed E-state index contributed by atoms with van der Waals surface area (Å²) in [5.74, 6) is 0. The first-order valence-electron chi connectivity index (χ1n) is 5.63. The standard InChI is InChI=1S/C16H12BrN/c1-12-5-7-14(8-6-12)15(11-18)9-13-3-2-4-16(17)10-13/h2-10H,1H3/b15-9-. The van der Waals surface area contributed by atoms with Gasteiger partial charge >= 0.3 is 0 Å². The molecular formula is C16H12BrN. The van der Waals surface area contributed by atoms with Crippen LogP contribution in [0.15, 0.2) is 53.0 Å². The molecule has 2 aromatic carbocycles. The van der Waals surface area contributed by atoms with Crippen LogP contribution in [0.2, 0.25) is 0 Å². The van der Waals surface area contributed by atoms with E-state index in [9.17, 15) is 5.26 Å². The summed E-state index contributed by atoms with van der Waals surface area (Å²) in [5.41, 5.74) is 3.83. The molecule has 0 aromatic heterocycles. The molecule has 0 spiro atoms. The molecule has 0 N–H and O–H groups in total. The van der Waals surface area contributed by atoms with E-state index in [1.807, 2.05) is 61.5 Å². The second kappa shape index (κ2) is 5.66. The monoisotopic (exact) mass is 297 g/mol. The predicted molar refractivity (Wildman–Crippen MR) is 78.8 cm³/mol. The number of rotatable bonds is 2. The second-order valence-electron chi connectivity index (χ2n) is 4.09. The van der Waals surface area contributed by atoms with Crippen molar-refractivity contribution in [3.63, 3.8) is 0 Å². The van der Waals surface area contributed by atoms with Gasteiger partial charge in [0.2, 0.25) is 0 Å². The number of benzene rings is 2. The molecule has 0 heterocycles. The molecule has 0 saturated heterocycles. The highest BCUT2D eigenvalue weighted by Crippen LogP contribution is 2.20. The molecule has 2 aromatic rings. The van der Waals surface area contributed by atoms with E-state index >= 15 is 0 Å². The molecule has 0 aliphatic carbocycles. The van der Waals surface area contributed by atoms with E-state index in [1.54, 1.807) is 0 Å². The van der Waals surface area contributed by atoms with Crippen LogP contribution in [0.25, 0.3) is 11.6 Å². The fourth-order valence-electron chi connectivity index (χ4n) is 1.68. The predicted octanol–water partition coefficient (Wildman–Crippen LogP) is 4.82. The van der Waals surface area contributed by atoms with Gasteiger partial charge in [-0.05, 0) is 36.3 Å². The molecule has 0 radical (unpaired) electrons. The van der Waals surface area contributed by atoms with E-state index < -0.39 is 0 Å². The van der Waals surface area contributed by atoms with Gasteiger partial charge in [-0.15, -0.1) is 0 Å². The highest BCUT2D eigenvalue weighted by molar-refractivity contribution is 9.10. The van der Waals surface area contributed by atoms with Gasteiger partial charge < -0.3 is 0 Å². The Morgan fingerprint density at radius 1 is 1.17 bits per heavy atom. The summed E-state index contributed by atoms with van der Waals surface area (Å²) in [6.45, 7) is 2.04. The number of allylic oxidation sites excluding steroid dienone is 1. The van der Waals surface area contributed by atoms with Gasteiger partial charge in [0.1, 0.15) is 0 Å². The first-order chi connectivity index (χ1) is 8.69. The smallest absolute Gasteiger partial charge is 0.0998 e. The van der Waals surface area contributed by atoms with Crippen molar-refractivity contribution in [2.45, 2.75) is 6.92 Å². The zero-order chi connectivity index (χ0) is 13.0. The van der Waals surface area contributed by atoms with Crippen molar-refractivity contribution in [2.24, 2.45) is 0 Å². The van der Waals surface area contributed by atoms with E-state index in [1.165, 1.54) is 5.56 Å². The first kappa shape index (κ1) is 12.6. The Morgan fingerprint density at radius 2 is 1.89 bits per heavy atom. The zero-order valence-corrected chi connectivity index (χ0v) is 11.6. The maximum absolute atomic E-state index is 9.25. The maximum Gasteiger partial charge on any atom is 0.0998 e. The van der Waals surface area contributed by atoms with Crippen LogP contribution in [-0.2, 0) is 0 Å². The third-order valence-electron chi connectivity index (χ3n) is 2.64. The SMILES string of the molecule is Cc1ccc(/C(C#N)=C\c2cccc(Br)c2)cc1. The molecule has 2 rings (SSSR count). The average Bonchev–Trinajstić information content (AvgIpc) is 2.37. The Bertz CT molecular complexity index is 618. The number of hydrogen-bond acceptors (Lipinski definition) is 1. The summed E-state index contributed by atoms with van der Waals surface area (Å²) < 4.78 is 1.01. The minimum Gasteiger partial charge on any atom is -0.192 e. The molecule has 2 heteroatoms. The van der Waals surface area contributed by atoms with Gasteiger partial charge in [-0.25, -0.2) is 0 Å². The lowest BCUT2D eigenvalue weighted by Crippen LogP contribution is -1.82. The van der Waals surface area contributed by atoms with Gasteiger partial charge in [0.25, 0.3) is 0 Å². The molecule has 1 nitrogen and oxygen atoms in total. The van der Waals surface area contributed by atoms with Gasteiger partial charge in [0.15, 0.2) is 0 Å². The summed E-state index contributed by atoms with van der Waals surface area (Å²) in [7, 11) is 0. The summed E-state index contributed by atoms with van der Waals surface area (Å²) >= 11 is 3.43. The lowest BCUT2D eigenvalue weighted by atomic mass is 10.0. The van der Waals surface area contributed by atoms with E-state index in [4.69, 9.17) is 0 Å². The van der Waals surface area contributed by atoms with Crippen molar-refractivity contribution in [3.8, 4) is 6.07 Å². The first-order valence-corrected chi connectivity index (χ1v) is 6.43. The number of hydrogen-bond donors (Lipinski definition) is 0. The van der Waals surface area contributed by atoms with Crippen LogP contribution in [-0.4, -0.2) is 0 Å². The molecule has 0 atom stereocenters. The number of aryl methyl sites for hydroxylation is 1. The molecule has 0 aliphatic rings. The molecule has 0 amide bonds. The Hall–Kier alpha value is -1.85. The second-order valence-corrected chi connectivity index (χ2v) is 5.01. The van der Waals surface area contributed by atoms with Crippen molar-refractivity contribution in [3.05, 3.63) is 69.7 Å². The van der Waals surface area contributed by atoms with E-state index in [0.717, 1.165) is 15.6 Å². The van der Waals surface area contributed by atoms with Crippen LogP contribution in [0.4, 0.5) is 0 Å². The molecule has 0 unspecified atom stereocenters. The van der Waals surface area contributed by atoms with Crippen molar-refractivity contribution < 1.29 is 0 Å². The average molecular weight is 298 g/mol. The topological polar surface area (TPSA) is 23.8 Å². The lowest BCUT2D eigenvalue weighted by Gasteiger charge is -2.01. The van der Waals surface area contributed by atoms with E-state index in [0.29, 0.717) is 5.57 Å². The largest absolute Gasteiger partial charge is 0.192 e. The maximum atomic E-state index is 9.25.